The molecule has 33 heavy (non-hydrogen) atoms. The third kappa shape index (κ3) is 7.60. The third-order valence-electron chi connectivity index (χ3n) is 5.78. The van der Waals surface area contributed by atoms with Gasteiger partial charge in [0.25, 0.3) is 5.91 Å². The smallest absolute Gasteiger partial charge is 0.251 e. The lowest BCUT2D eigenvalue weighted by molar-refractivity contribution is 0.0951. The zero-order chi connectivity index (χ0) is 23.8. The van der Waals surface area contributed by atoms with Crippen molar-refractivity contribution in [1.82, 2.24) is 10.2 Å². The van der Waals surface area contributed by atoms with Crippen LogP contribution in [0.5, 0.6) is 0 Å². The highest BCUT2D eigenvalue weighted by Crippen LogP contribution is 2.34. The van der Waals surface area contributed by atoms with E-state index in [9.17, 15) is 13.2 Å². The molecule has 6 nitrogen and oxygen atoms in total. The molecule has 0 radical (unpaired) electrons. The monoisotopic (exact) mass is 511 g/mol. The van der Waals surface area contributed by atoms with E-state index in [1.54, 1.807) is 42.5 Å². The average Bonchev–Trinajstić information content (AvgIpc) is 3.06. The van der Waals surface area contributed by atoms with Crippen molar-refractivity contribution in [2.24, 2.45) is 0 Å². The van der Waals surface area contributed by atoms with Crippen LogP contribution in [0.1, 0.15) is 48.0 Å². The maximum absolute atomic E-state index is 12.5. The zero-order valence-corrected chi connectivity index (χ0v) is 21.2. The molecule has 1 N–H and O–H groups in total. The number of amides is 1. The molecule has 9 heteroatoms. The van der Waals surface area contributed by atoms with Crippen LogP contribution in [-0.2, 0) is 16.6 Å². The van der Waals surface area contributed by atoms with E-state index in [-0.39, 0.29) is 22.5 Å². The topological polar surface area (TPSA) is 69.7 Å². The molecular formula is C24H31Cl2N3O3S. The first-order chi connectivity index (χ1) is 15.8. The summed E-state index contributed by atoms with van der Waals surface area (Å²) in [7, 11) is -3.60. The Bertz CT molecular complexity index is 1040. The van der Waals surface area contributed by atoms with E-state index < -0.39 is 10.0 Å². The number of hydrogen-bond acceptors (Lipinski definition) is 4. The fourth-order valence-electron chi connectivity index (χ4n) is 3.96. The summed E-state index contributed by atoms with van der Waals surface area (Å²) in [5, 5.41) is 3.44. The number of likely N-dealkylation sites (tertiary alicyclic amines) is 1. The lowest BCUT2D eigenvalue weighted by Crippen LogP contribution is -2.31. The lowest BCUT2D eigenvalue weighted by atomic mass is 10.1. The van der Waals surface area contributed by atoms with Gasteiger partial charge in [0.2, 0.25) is 10.0 Å². The third-order valence-corrected chi connectivity index (χ3v) is 7.71. The van der Waals surface area contributed by atoms with Crippen LogP contribution in [-0.4, -0.2) is 51.7 Å². The summed E-state index contributed by atoms with van der Waals surface area (Å²) in [6.45, 7) is 4.02. The molecule has 0 aliphatic carbocycles. The molecule has 1 fully saturated rings. The fourth-order valence-corrected chi connectivity index (χ4v) is 5.30. The minimum Gasteiger partial charge on any atom is -0.352 e. The highest BCUT2D eigenvalue weighted by Gasteiger charge is 2.21. The largest absolute Gasteiger partial charge is 0.352 e. The summed E-state index contributed by atoms with van der Waals surface area (Å²) in [5.41, 5.74) is 1.59. The molecule has 0 atom stereocenters. The van der Waals surface area contributed by atoms with Crippen molar-refractivity contribution < 1.29 is 13.2 Å². The van der Waals surface area contributed by atoms with Crippen molar-refractivity contribution >= 4 is 44.8 Å². The van der Waals surface area contributed by atoms with Gasteiger partial charge >= 0.3 is 0 Å². The van der Waals surface area contributed by atoms with Gasteiger partial charge in [0, 0.05) is 12.1 Å². The number of carbonyl (C=O) groups is 1. The Kier molecular flexibility index (Phi) is 9.44. The minimum absolute atomic E-state index is 0.0800. The van der Waals surface area contributed by atoms with Crippen molar-refractivity contribution in [3.05, 3.63) is 63.6 Å². The van der Waals surface area contributed by atoms with Gasteiger partial charge in [0.1, 0.15) is 0 Å². The van der Waals surface area contributed by atoms with Gasteiger partial charge in [0.05, 0.1) is 28.5 Å². The molecule has 2 aromatic rings. The van der Waals surface area contributed by atoms with Crippen molar-refractivity contribution in [3.63, 3.8) is 0 Å². The number of nitrogens with zero attached hydrogens (tertiary/aromatic N) is 2. The van der Waals surface area contributed by atoms with E-state index in [0.29, 0.717) is 17.8 Å². The van der Waals surface area contributed by atoms with Crippen molar-refractivity contribution in [3.8, 4) is 0 Å². The molecule has 1 aliphatic rings. The standard InChI is InChI=1S/C24H31Cl2N3O3S/c1-33(31,32)29(22-9-6-8-21(25)23(22)26)18-19-10-12-20(13-11-19)24(30)27-14-7-17-28-15-4-2-3-5-16-28/h6,8-13H,2-5,7,14-18H2,1H3,(H,27,30). The van der Waals surface area contributed by atoms with Crippen molar-refractivity contribution in [2.45, 2.75) is 38.6 Å². The second-order valence-corrected chi connectivity index (χ2v) is 11.1. The number of halogens is 2. The first-order valence-electron chi connectivity index (χ1n) is 11.3. The van der Waals surface area contributed by atoms with Crippen LogP contribution < -0.4 is 9.62 Å². The van der Waals surface area contributed by atoms with E-state index in [1.807, 2.05) is 0 Å². The number of sulfonamides is 1. The molecule has 0 spiro atoms. The molecule has 2 aromatic carbocycles. The molecule has 1 heterocycles. The zero-order valence-electron chi connectivity index (χ0n) is 18.9. The maximum Gasteiger partial charge on any atom is 0.251 e. The molecule has 1 amide bonds. The van der Waals surface area contributed by atoms with E-state index >= 15 is 0 Å². The van der Waals surface area contributed by atoms with Crippen LogP contribution in [0.3, 0.4) is 0 Å². The van der Waals surface area contributed by atoms with Gasteiger partial charge in [-0.2, -0.15) is 0 Å². The summed E-state index contributed by atoms with van der Waals surface area (Å²) in [6, 6.07) is 11.8. The molecule has 0 bridgehead atoms. The SMILES string of the molecule is CS(=O)(=O)N(Cc1ccc(C(=O)NCCCN2CCCCCC2)cc1)c1cccc(Cl)c1Cl. The molecule has 1 aliphatic heterocycles. The van der Waals surface area contributed by atoms with Gasteiger partial charge in [-0.1, -0.05) is 54.2 Å². The minimum atomic E-state index is -3.60. The first-order valence-corrected chi connectivity index (χ1v) is 13.9. The van der Waals surface area contributed by atoms with Crippen molar-refractivity contribution in [2.75, 3.05) is 36.7 Å². The summed E-state index contributed by atoms with van der Waals surface area (Å²) in [5.74, 6) is -0.129. The van der Waals surface area contributed by atoms with Gasteiger partial charge in [-0.25, -0.2) is 8.42 Å². The van der Waals surface area contributed by atoms with Crippen LogP contribution >= 0.6 is 23.2 Å². The Morgan fingerprint density at radius 3 is 2.33 bits per heavy atom. The highest BCUT2D eigenvalue weighted by atomic mass is 35.5. The van der Waals surface area contributed by atoms with Crippen LogP contribution in [0, 0.1) is 0 Å². The quantitative estimate of drug-likeness (QED) is 0.483. The molecular weight excluding hydrogens is 481 g/mol. The lowest BCUT2D eigenvalue weighted by Gasteiger charge is -2.24. The van der Waals surface area contributed by atoms with Crippen LogP contribution in [0.2, 0.25) is 10.0 Å². The molecule has 0 aromatic heterocycles. The Hall–Kier alpha value is -1.80. The maximum atomic E-state index is 12.5. The van der Waals surface area contributed by atoms with Crippen LogP contribution in [0.25, 0.3) is 0 Å². The Labute approximate surface area is 206 Å². The van der Waals surface area contributed by atoms with Gasteiger partial charge in [-0.15, -0.1) is 0 Å². The van der Waals surface area contributed by atoms with Crippen molar-refractivity contribution in [1.29, 1.82) is 0 Å². The Morgan fingerprint density at radius 1 is 1.03 bits per heavy atom. The predicted molar refractivity (Wildman–Crippen MR) is 136 cm³/mol. The summed E-state index contributed by atoms with van der Waals surface area (Å²) in [4.78, 5) is 15.0. The molecule has 3 rings (SSSR count). The summed E-state index contributed by atoms with van der Waals surface area (Å²) >= 11 is 12.3. The molecule has 0 saturated carbocycles. The summed E-state index contributed by atoms with van der Waals surface area (Å²) in [6.07, 6.45) is 7.21. The van der Waals surface area contributed by atoms with Crippen LogP contribution in [0.15, 0.2) is 42.5 Å². The Balaban J connectivity index is 1.57. The van der Waals surface area contributed by atoms with Gasteiger partial charge in [-0.05, 0) is 68.7 Å². The number of nitrogens with one attached hydrogen (secondary N) is 1. The summed E-state index contributed by atoms with van der Waals surface area (Å²) < 4.78 is 26.0. The number of rotatable bonds is 9. The first kappa shape index (κ1) is 25.8. The second kappa shape index (κ2) is 12.1. The average molecular weight is 513 g/mol. The Morgan fingerprint density at radius 2 is 1.70 bits per heavy atom. The van der Waals surface area contributed by atoms with Gasteiger partial charge in [0.15, 0.2) is 0 Å². The second-order valence-electron chi connectivity index (χ2n) is 8.40. The van der Waals surface area contributed by atoms with E-state index in [2.05, 4.69) is 10.2 Å². The molecule has 1 saturated heterocycles. The normalized spacial score (nSPS) is 15.1. The molecule has 180 valence electrons. The van der Waals surface area contributed by atoms with E-state index in [1.165, 1.54) is 30.0 Å². The predicted octanol–water partition coefficient (Wildman–Crippen LogP) is 4.96. The number of anilines is 1. The van der Waals surface area contributed by atoms with Crippen LogP contribution in [0.4, 0.5) is 5.69 Å². The molecule has 0 unspecified atom stereocenters. The number of hydrogen-bond donors (Lipinski definition) is 1. The van der Waals surface area contributed by atoms with Gasteiger partial charge in [-0.3, -0.25) is 9.10 Å². The van der Waals surface area contributed by atoms with E-state index in [4.69, 9.17) is 23.2 Å². The van der Waals surface area contributed by atoms with E-state index in [0.717, 1.165) is 37.9 Å². The number of benzene rings is 2. The number of carbonyl (C=O) groups excluding carboxylic acids is 1. The fraction of sp³-hybridized carbons (Fsp3) is 0.458. The highest BCUT2D eigenvalue weighted by molar-refractivity contribution is 7.92. The van der Waals surface area contributed by atoms with Gasteiger partial charge < -0.3 is 10.2 Å².